The van der Waals surface area contributed by atoms with Crippen LogP contribution in [0.4, 0.5) is 0 Å². The molecule has 1 aromatic heterocycles. The Labute approximate surface area is 188 Å². The van der Waals surface area contributed by atoms with Gasteiger partial charge < -0.3 is 9.80 Å². The largest absolute Gasteiger partial charge is 0.338 e. The first kappa shape index (κ1) is 21.8. The summed E-state index contributed by atoms with van der Waals surface area (Å²) in [6.45, 7) is 5.93. The molecule has 7 heteroatoms. The van der Waals surface area contributed by atoms with Crippen molar-refractivity contribution in [3.8, 4) is 0 Å². The lowest BCUT2D eigenvalue weighted by Crippen LogP contribution is -2.59. The van der Waals surface area contributed by atoms with E-state index in [1.165, 1.54) is 0 Å². The Balaban J connectivity index is 1.53. The maximum Gasteiger partial charge on any atom is 0.255 e. The highest BCUT2D eigenvalue weighted by Gasteiger charge is 2.51. The van der Waals surface area contributed by atoms with E-state index in [-0.39, 0.29) is 17.9 Å². The molecule has 6 nitrogen and oxygen atoms in total. The van der Waals surface area contributed by atoms with Gasteiger partial charge in [-0.05, 0) is 36.1 Å². The van der Waals surface area contributed by atoms with E-state index >= 15 is 0 Å². The van der Waals surface area contributed by atoms with Gasteiger partial charge in [0.15, 0.2) is 0 Å². The fourth-order valence-electron chi connectivity index (χ4n) is 4.70. The smallest absolute Gasteiger partial charge is 0.255 e. The van der Waals surface area contributed by atoms with Crippen LogP contribution >= 0.6 is 11.6 Å². The van der Waals surface area contributed by atoms with Crippen molar-refractivity contribution in [2.75, 3.05) is 13.1 Å². The number of hydrogen-bond donors (Lipinski definition) is 1. The van der Waals surface area contributed by atoms with Gasteiger partial charge in [0.05, 0.1) is 22.3 Å². The van der Waals surface area contributed by atoms with Crippen LogP contribution in [0.2, 0.25) is 5.02 Å². The van der Waals surface area contributed by atoms with Gasteiger partial charge in [-0.15, -0.1) is 0 Å². The quantitative estimate of drug-likeness (QED) is 0.769. The van der Waals surface area contributed by atoms with Crippen molar-refractivity contribution in [2.45, 2.75) is 51.4 Å². The summed E-state index contributed by atoms with van der Waals surface area (Å²) >= 11 is 6.24. The van der Waals surface area contributed by atoms with Crippen LogP contribution in [0.3, 0.4) is 0 Å². The average molecular weight is 441 g/mol. The zero-order chi connectivity index (χ0) is 22.0. The summed E-state index contributed by atoms with van der Waals surface area (Å²) in [6.07, 6.45) is 5.72. The molecule has 0 aliphatic carbocycles. The Morgan fingerprint density at radius 2 is 1.97 bits per heavy atom. The summed E-state index contributed by atoms with van der Waals surface area (Å²) in [7, 11) is 0. The lowest BCUT2D eigenvalue weighted by atomic mass is 9.94. The van der Waals surface area contributed by atoms with Crippen molar-refractivity contribution < 1.29 is 9.59 Å². The molecule has 2 aliphatic rings. The second-order valence-corrected chi connectivity index (χ2v) is 9.32. The van der Waals surface area contributed by atoms with E-state index in [9.17, 15) is 9.59 Å². The number of piperidine rings is 1. The van der Waals surface area contributed by atoms with Crippen LogP contribution < -0.4 is 5.32 Å². The average Bonchev–Trinajstić information content (AvgIpc) is 3.00. The van der Waals surface area contributed by atoms with Crippen molar-refractivity contribution in [1.82, 2.24) is 20.1 Å². The molecule has 0 radical (unpaired) electrons. The lowest BCUT2D eigenvalue weighted by molar-refractivity contribution is -0.134. The number of benzene rings is 1. The summed E-state index contributed by atoms with van der Waals surface area (Å²) in [6, 6.07) is 10.9. The summed E-state index contributed by atoms with van der Waals surface area (Å²) in [5, 5.41) is 4.13. The fourth-order valence-corrected chi connectivity index (χ4v) is 4.91. The monoisotopic (exact) mass is 440 g/mol. The third kappa shape index (κ3) is 4.46. The lowest BCUT2D eigenvalue weighted by Gasteiger charge is -2.44. The van der Waals surface area contributed by atoms with E-state index in [2.05, 4.69) is 24.1 Å². The normalized spacial score (nSPS) is 20.6. The number of halogens is 1. The van der Waals surface area contributed by atoms with Crippen LogP contribution in [0.15, 0.2) is 48.8 Å². The minimum Gasteiger partial charge on any atom is -0.338 e. The van der Waals surface area contributed by atoms with Crippen LogP contribution in [0.25, 0.3) is 0 Å². The van der Waals surface area contributed by atoms with E-state index in [0.717, 1.165) is 12.0 Å². The Morgan fingerprint density at radius 3 is 2.61 bits per heavy atom. The Kier molecular flexibility index (Phi) is 6.30. The highest BCUT2D eigenvalue weighted by molar-refractivity contribution is 6.33. The van der Waals surface area contributed by atoms with Crippen molar-refractivity contribution in [3.05, 3.63) is 64.9 Å². The molecule has 2 aliphatic heterocycles. The number of pyridine rings is 1. The molecule has 2 saturated heterocycles. The number of nitrogens with one attached hydrogen (secondary N) is 1. The molecule has 0 bridgehead atoms. The summed E-state index contributed by atoms with van der Waals surface area (Å²) in [5.41, 5.74) is 1.10. The molecule has 1 atom stereocenters. The van der Waals surface area contributed by atoms with Gasteiger partial charge in [0.25, 0.3) is 5.91 Å². The molecule has 1 aromatic carbocycles. The van der Waals surface area contributed by atoms with E-state index in [1.54, 1.807) is 18.3 Å². The van der Waals surface area contributed by atoms with Gasteiger partial charge in [0.2, 0.25) is 5.91 Å². The minimum absolute atomic E-state index is 0.0534. The molecular weight excluding hydrogens is 412 g/mol. The van der Waals surface area contributed by atoms with Gasteiger partial charge in [-0.1, -0.05) is 43.6 Å². The number of hydrogen-bond acceptors (Lipinski definition) is 4. The topological polar surface area (TPSA) is 65.5 Å². The number of carbonyl (C=O) groups is 2. The number of amides is 2. The first-order valence-electron chi connectivity index (χ1n) is 10.9. The summed E-state index contributed by atoms with van der Waals surface area (Å²) < 4.78 is 0. The first-order chi connectivity index (χ1) is 14.9. The van der Waals surface area contributed by atoms with E-state index in [1.807, 2.05) is 40.3 Å². The maximum absolute atomic E-state index is 13.3. The molecule has 1 spiro atoms. The van der Waals surface area contributed by atoms with E-state index in [0.29, 0.717) is 49.0 Å². The second-order valence-electron chi connectivity index (χ2n) is 8.92. The highest BCUT2D eigenvalue weighted by Crippen LogP contribution is 2.35. The number of aromatic nitrogens is 1. The highest BCUT2D eigenvalue weighted by atomic mass is 35.5. The van der Waals surface area contributed by atoms with Crippen LogP contribution in [-0.4, -0.2) is 51.4 Å². The van der Waals surface area contributed by atoms with Crippen molar-refractivity contribution >= 4 is 23.4 Å². The molecule has 0 saturated carbocycles. The molecule has 4 rings (SSSR count). The molecule has 3 heterocycles. The van der Waals surface area contributed by atoms with Crippen LogP contribution in [0.5, 0.6) is 0 Å². The number of nitrogens with zero attached hydrogens (tertiary/aromatic N) is 3. The Bertz CT molecular complexity index is 942. The summed E-state index contributed by atoms with van der Waals surface area (Å²) in [5.74, 6) is 0.504. The third-order valence-corrected chi connectivity index (χ3v) is 6.61. The molecule has 2 fully saturated rings. The Hall–Kier alpha value is -2.44. The zero-order valence-electron chi connectivity index (χ0n) is 18.1. The minimum atomic E-state index is -0.441. The van der Waals surface area contributed by atoms with Gasteiger partial charge in [0.1, 0.15) is 0 Å². The number of carbonyl (C=O) groups excluding carboxylic acids is 2. The van der Waals surface area contributed by atoms with Gasteiger partial charge >= 0.3 is 0 Å². The molecule has 2 amide bonds. The van der Waals surface area contributed by atoms with E-state index < -0.39 is 5.66 Å². The van der Waals surface area contributed by atoms with E-state index in [4.69, 9.17) is 11.6 Å². The Morgan fingerprint density at radius 1 is 1.23 bits per heavy atom. The van der Waals surface area contributed by atoms with Gasteiger partial charge in [-0.25, -0.2) is 0 Å². The number of likely N-dealkylation sites (tertiary alicyclic amines) is 1. The van der Waals surface area contributed by atoms with Crippen LogP contribution in [0.1, 0.15) is 49.0 Å². The van der Waals surface area contributed by atoms with Gasteiger partial charge in [-0.3, -0.25) is 19.9 Å². The van der Waals surface area contributed by atoms with Crippen molar-refractivity contribution in [3.63, 3.8) is 0 Å². The number of rotatable bonds is 5. The van der Waals surface area contributed by atoms with Crippen molar-refractivity contribution in [2.24, 2.45) is 5.92 Å². The standard InChI is InChI=1S/C24H29ClN4O2/c1-17(2)14-21-23(31)29(16-18-6-5-11-26-15-18)24(27-21)9-12-28(13-10-24)22(30)19-7-3-4-8-20(19)25/h3-8,11,15,17,21,27H,9-10,12-14,16H2,1-2H3. The molecule has 164 valence electrons. The molecular formula is C24H29ClN4O2. The molecule has 1 N–H and O–H groups in total. The second kappa shape index (κ2) is 8.97. The van der Waals surface area contributed by atoms with Crippen LogP contribution in [-0.2, 0) is 11.3 Å². The summed E-state index contributed by atoms with van der Waals surface area (Å²) in [4.78, 5) is 34.4. The molecule has 2 aromatic rings. The SMILES string of the molecule is CC(C)CC1NC2(CCN(C(=O)c3ccccc3Cl)CC2)N(Cc2cccnc2)C1=O. The first-order valence-corrected chi connectivity index (χ1v) is 11.3. The third-order valence-electron chi connectivity index (χ3n) is 6.28. The van der Waals surface area contributed by atoms with Gasteiger partial charge in [-0.2, -0.15) is 0 Å². The predicted molar refractivity (Wildman–Crippen MR) is 120 cm³/mol. The van der Waals surface area contributed by atoms with Gasteiger partial charge in [0, 0.05) is 44.9 Å². The van der Waals surface area contributed by atoms with Crippen LogP contribution in [0, 0.1) is 5.92 Å². The molecule has 1 unspecified atom stereocenters. The fraction of sp³-hybridized carbons (Fsp3) is 0.458. The maximum atomic E-state index is 13.3. The molecule has 31 heavy (non-hydrogen) atoms. The zero-order valence-corrected chi connectivity index (χ0v) is 18.8. The predicted octanol–water partition coefficient (Wildman–Crippen LogP) is 3.71. The van der Waals surface area contributed by atoms with Crippen molar-refractivity contribution in [1.29, 1.82) is 0 Å².